The number of carbonyl (C=O) groups is 1. The quantitative estimate of drug-likeness (QED) is 0.905. The molecule has 104 valence electrons. The van der Waals surface area contributed by atoms with Gasteiger partial charge in [0.25, 0.3) is 0 Å². The molecule has 0 aromatic heterocycles. The van der Waals surface area contributed by atoms with Gasteiger partial charge in [-0.2, -0.15) is 0 Å². The molecule has 1 aliphatic heterocycles. The minimum atomic E-state index is -0.439. The van der Waals surface area contributed by atoms with E-state index in [4.69, 9.17) is 4.74 Å². The van der Waals surface area contributed by atoms with Crippen LogP contribution in [0.25, 0.3) is 0 Å². The van der Waals surface area contributed by atoms with E-state index in [0.717, 1.165) is 36.4 Å². The molecule has 1 unspecified atom stereocenters. The molecule has 4 heteroatoms. The number of fused-ring (bicyclic) bond motifs is 1. The SMILES string of the molecule is COc1cccc2c1N(C(=O)CCC(C)O)CCC2. The van der Waals surface area contributed by atoms with Gasteiger partial charge < -0.3 is 14.7 Å². The van der Waals surface area contributed by atoms with E-state index in [-0.39, 0.29) is 5.91 Å². The van der Waals surface area contributed by atoms with E-state index >= 15 is 0 Å². The average molecular weight is 263 g/mol. The predicted octanol–water partition coefficient (Wildman–Crippen LogP) is 2.14. The Morgan fingerprint density at radius 3 is 3.00 bits per heavy atom. The molecular weight excluding hydrogens is 242 g/mol. The van der Waals surface area contributed by atoms with Crippen molar-refractivity contribution in [2.45, 2.75) is 38.7 Å². The summed E-state index contributed by atoms with van der Waals surface area (Å²) >= 11 is 0. The van der Waals surface area contributed by atoms with Crippen LogP contribution in [0.15, 0.2) is 18.2 Å². The van der Waals surface area contributed by atoms with Gasteiger partial charge in [-0.05, 0) is 37.8 Å². The highest BCUT2D eigenvalue weighted by molar-refractivity contribution is 5.96. The maximum absolute atomic E-state index is 12.3. The first-order chi connectivity index (χ1) is 9.13. The fraction of sp³-hybridized carbons (Fsp3) is 0.533. The molecule has 19 heavy (non-hydrogen) atoms. The second kappa shape index (κ2) is 6.06. The van der Waals surface area contributed by atoms with Crippen molar-refractivity contribution in [3.63, 3.8) is 0 Å². The van der Waals surface area contributed by atoms with Gasteiger partial charge in [0.2, 0.25) is 5.91 Å². The van der Waals surface area contributed by atoms with Crippen LogP contribution in [0, 0.1) is 0 Å². The number of carbonyl (C=O) groups excluding carboxylic acids is 1. The van der Waals surface area contributed by atoms with Gasteiger partial charge in [0.1, 0.15) is 5.75 Å². The minimum absolute atomic E-state index is 0.0614. The summed E-state index contributed by atoms with van der Waals surface area (Å²) in [7, 11) is 1.63. The number of aliphatic hydroxyl groups is 1. The first kappa shape index (κ1) is 13.9. The van der Waals surface area contributed by atoms with E-state index < -0.39 is 6.10 Å². The lowest BCUT2D eigenvalue weighted by molar-refractivity contribution is -0.119. The van der Waals surface area contributed by atoms with E-state index in [1.54, 1.807) is 18.9 Å². The Bertz CT molecular complexity index is 442. The second-order valence-electron chi connectivity index (χ2n) is 5.00. The van der Waals surface area contributed by atoms with Crippen molar-refractivity contribution < 1.29 is 14.6 Å². The summed E-state index contributed by atoms with van der Waals surface area (Å²) in [6.07, 6.45) is 2.38. The number of aliphatic hydroxyl groups excluding tert-OH is 1. The summed E-state index contributed by atoms with van der Waals surface area (Å²) in [5.41, 5.74) is 2.07. The van der Waals surface area contributed by atoms with E-state index in [2.05, 4.69) is 0 Å². The molecule has 0 saturated heterocycles. The standard InChI is InChI=1S/C15H21NO3/c1-11(17)8-9-14(18)16-10-4-6-12-5-3-7-13(19-2)15(12)16/h3,5,7,11,17H,4,6,8-10H2,1-2H3. The first-order valence-electron chi connectivity index (χ1n) is 6.77. The van der Waals surface area contributed by atoms with Gasteiger partial charge in [-0.3, -0.25) is 4.79 Å². The predicted molar refractivity (Wildman–Crippen MR) is 74.6 cm³/mol. The van der Waals surface area contributed by atoms with Crippen molar-refractivity contribution in [3.05, 3.63) is 23.8 Å². The van der Waals surface area contributed by atoms with Gasteiger partial charge in [-0.25, -0.2) is 0 Å². The number of nitrogens with zero attached hydrogens (tertiary/aromatic N) is 1. The summed E-state index contributed by atoms with van der Waals surface area (Å²) in [6, 6.07) is 5.90. The van der Waals surface area contributed by atoms with Crippen LogP contribution in [0.5, 0.6) is 5.75 Å². The summed E-state index contributed by atoms with van der Waals surface area (Å²) in [5.74, 6) is 0.814. The van der Waals surface area contributed by atoms with Crippen LogP contribution in [-0.2, 0) is 11.2 Å². The van der Waals surface area contributed by atoms with Crippen LogP contribution in [0.2, 0.25) is 0 Å². The van der Waals surface area contributed by atoms with E-state index in [1.807, 2.05) is 18.2 Å². The molecule has 1 aromatic carbocycles. The van der Waals surface area contributed by atoms with Crippen LogP contribution in [-0.4, -0.2) is 30.8 Å². The van der Waals surface area contributed by atoms with Crippen molar-refractivity contribution >= 4 is 11.6 Å². The fourth-order valence-corrected chi connectivity index (χ4v) is 2.50. The van der Waals surface area contributed by atoms with Crippen LogP contribution >= 0.6 is 0 Å². The molecule has 1 N–H and O–H groups in total. The zero-order valence-corrected chi connectivity index (χ0v) is 11.6. The zero-order chi connectivity index (χ0) is 13.8. The Kier molecular flexibility index (Phi) is 4.43. The number of hydrogen-bond acceptors (Lipinski definition) is 3. The zero-order valence-electron chi connectivity index (χ0n) is 11.6. The number of methoxy groups -OCH3 is 1. The Morgan fingerprint density at radius 2 is 2.32 bits per heavy atom. The smallest absolute Gasteiger partial charge is 0.227 e. The van der Waals surface area contributed by atoms with Gasteiger partial charge in [0, 0.05) is 13.0 Å². The maximum atomic E-state index is 12.3. The van der Waals surface area contributed by atoms with Crippen molar-refractivity contribution in [1.82, 2.24) is 0 Å². The molecule has 0 radical (unpaired) electrons. The average Bonchev–Trinajstić information content (AvgIpc) is 2.43. The third kappa shape index (κ3) is 3.07. The lowest BCUT2D eigenvalue weighted by Crippen LogP contribution is -2.36. The molecule has 1 aliphatic rings. The Hall–Kier alpha value is -1.55. The number of para-hydroxylation sites is 1. The normalized spacial score (nSPS) is 15.8. The Labute approximate surface area is 114 Å². The van der Waals surface area contributed by atoms with Gasteiger partial charge in [0.05, 0.1) is 18.9 Å². The number of rotatable bonds is 4. The number of amides is 1. The summed E-state index contributed by atoms with van der Waals surface area (Å²) in [4.78, 5) is 14.1. The van der Waals surface area contributed by atoms with Crippen LogP contribution < -0.4 is 9.64 Å². The molecule has 1 heterocycles. The van der Waals surface area contributed by atoms with E-state index in [1.165, 1.54) is 0 Å². The molecule has 1 amide bonds. The number of benzene rings is 1. The third-order valence-corrected chi connectivity index (χ3v) is 3.48. The highest BCUT2D eigenvalue weighted by Crippen LogP contribution is 2.36. The lowest BCUT2D eigenvalue weighted by Gasteiger charge is -2.31. The summed E-state index contributed by atoms with van der Waals surface area (Å²) in [6.45, 7) is 2.43. The van der Waals surface area contributed by atoms with E-state index in [9.17, 15) is 9.90 Å². The molecule has 0 saturated carbocycles. The van der Waals surface area contributed by atoms with Crippen LogP contribution in [0.4, 0.5) is 5.69 Å². The molecule has 4 nitrogen and oxygen atoms in total. The summed E-state index contributed by atoms with van der Waals surface area (Å²) < 4.78 is 5.38. The molecule has 0 spiro atoms. The molecule has 0 bridgehead atoms. The molecular formula is C15H21NO3. The third-order valence-electron chi connectivity index (χ3n) is 3.48. The highest BCUT2D eigenvalue weighted by atomic mass is 16.5. The van der Waals surface area contributed by atoms with Crippen molar-refractivity contribution in [2.24, 2.45) is 0 Å². The van der Waals surface area contributed by atoms with Crippen LogP contribution in [0.3, 0.4) is 0 Å². The van der Waals surface area contributed by atoms with Crippen molar-refractivity contribution in [3.8, 4) is 5.75 Å². The topological polar surface area (TPSA) is 49.8 Å². The van der Waals surface area contributed by atoms with Gasteiger partial charge in [-0.1, -0.05) is 12.1 Å². The highest BCUT2D eigenvalue weighted by Gasteiger charge is 2.25. The van der Waals surface area contributed by atoms with Crippen LogP contribution in [0.1, 0.15) is 31.7 Å². The van der Waals surface area contributed by atoms with E-state index in [0.29, 0.717) is 12.8 Å². The molecule has 0 aliphatic carbocycles. The van der Waals surface area contributed by atoms with Crippen molar-refractivity contribution in [1.29, 1.82) is 0 Å². The summed E-state index contributed by atoms with van der Waals surface area (Å²) in [5, 5.41) is 9.30. The monoisotopic (exact) mass is 263 g/mol. The maximum Gasteiger partial charge on any atom is 0.227 e. The molecule has 2 rings (SSSR count). The Balaban J connectivity index is 2.23. The number of hydrogen-bond donors (Lipinski definition) is 1. The number of anilines is 1. The second-order valence-corrected chi connectivity index (χ2v) is 5.00. The largest absolute Gasteiger partial charge is 0.495 e. The fourth-order valence-electron chi connectivity index (χ4n) is 2.50. The Morgan fingerprint density at radius 1 is 1.53 bits per heavy atom. The molecule has 1 atom stereocenters. The minimum Gasteiger partial charge on any atom is -0.495 e. The number of aryl methyl sites for hydroxylation is 1. The lowest BCUT2D eigenvalue weighted by atomic mass is 10.00. The van der Waals surface area contributed by atoms with Gasteiger partial charge >= 0.3 is 0 Å². The number of ether oxygens (including phenoxy) is 1. The molecule has 1 aromatic rings. The van der Waals surface area contributed by atoms with Crippen molar-refractivity contribution in [2.75, 3.05) is 18.6 Å². The van der Waals surface area contributed by atoms with Gasteiger partial charge in [0.15, 0.2) is 0 Å². The molecule has 0 fully saturated rings. The van der Waals surface area contributed by atoms with Gasteiger partial charge in [-0.15, -0.1) is 0 Å². The first-order valence-corrected chi connectivity index (χ1v) is 6.77.